The van der Waals surface area contributed by atoms with Crippen LogP contribution in [0, 0.1) is 0 Å². The van der Waals surface area contributed by atoms with E-state index in [-0.39, 0.29) is 6.10 Å². The Kier molecular flexibility index (Phi) is 3.67. The Labute approximate surface area is 109 Å². The molecule has 2 nitrogen and oxygen atoms in total. The first kappa shape index (κ1) is 12.2. The van der Waals surface area contributed by atoms with Gasteiger partial charge in [-0.3, -0.25) is 0 Å². The van der Waals surface area contributed by atoms with Crippen LogP contribution in [0.15, 0.2) is 24.3 Å². The fourth-order valence-electron chi connectivity index (χ4n) is 3.49. The summed E-state index contributed by atoms with van der Waals surface area (Å²) in [5, 5.41) is 13.8. The van der Waals surface area contributed by atoms with Gasteiger partial charge in [-0.15, -0.1) is 0 Å². The van der Waals surface area contributed by atoms with Crippen molar-refractivity contribution in [2.24, 2.45) is 0 Å². The van der Waals surface area contributed by atoms with E-state index in [1.54, 1.807) is 0 Å². The molecule has 0 heterocycles. The van der Waals surface area contributed by atoms with Crippen molar-refractivity contribution in [1.82, 2.24) is 5.32 Å². The van der Waals surface area contributed by atoms with E-state index in [2.05, 4.69) is 29.6 Å². The highest BCUT2D eigenvalue weighted by molar-refractivity contribution is 5.32. The lowest BCUT2D eigenvalue weighted by Gasteiger charge is -2.35. The highest BCUT2D eigenvalue weighted by Crippen LogP contribution is 2.31. The number of hydrogen-bond acceptors (Lipinski definition) is 2. The van der Waals surface area contributed by atoms with E-state index >= 15 is 0 Å². The summed E-state index contributed by atoms with van der Waals surface area (Å²) < 4.78 is 0. The molecule has 2 aliphatic carbocycles. The van der Waals surface area contributed by atoms with Gasteiger partial charge in [-0.2, -0.15) is 0 Å². The summed E-state index contributed by atoms with van der Waals surface area (Å²) in [6.45, 7) is 0. The largest absolute Gasteiger partial charge is 0.392 e. The monoisotopic (exact) mass is 245 g/mol. The highest BCUT2D eigenvalue weighted by atomic mass is 16.3. The Balaban J connectivity index is 1.73. The number of aliphatic hydroxyl groups excluding tert-OH is 1. The van der Waals surface area contributed by atoms with Crippen molar-refractivity contribution in [3.63, 3.8) is 0 Å². The van der Waals surface area contributed by atoms with E-state index in [1.807, 2.05) is 0 Å². The van der Waals surface area contributed by atoms with Gasteiger partial charge in [0.05, 0.1) is 6.10 Å². The van der Waals surface area contributed by atoms with Crippen LogP contribution in [0.2, 0.25) is 0 Å². The van der Waals surface area contributed by atoms with E-state index in [0.29, 0.717) is 12.1 Å². The van der Waals surface area contributed by atoms with Gasteiger partial charge in [0.1, 0.15) is 0 Å². The summed E-state index contributed by atoms with van der Waals surface area (Å²) >= 11 is 0. The van der Waals surface area contributed by atoms with Crippen LogP contribution in [0.25, 0.3) is 0 Å². The van der Waals surface area contributed by atoms with E-state index in [9.17, 15) is 5.11 Å². The van der Waals surface area contributed by atoms with Crippen molar-refractivity contribution in [3.05, 3.63) is 35.4 Å². The zero-order valence-corrected chi connectivity index (χ0v) is 10.9. The third-order valence-electron chi connectivity index (χ3n) is 4.51. The van der Waals surface area contributed by atoms with Crippen LogP contribution in [-0.2, 0) is 6.42 Å². The van der Waals surface area contributed by atoms with Crippen LogP contribution in [0.4, 0.5) is 0 Å². The number of hydrogen-bond donors (Lipinski definition) is 2. The molecule has 1 aromatic carbocycles. The molecule has 3 atom stereocenters. The predicted octanol–water partition coefficient (Wildman–Crippen LogP) is 2.96. The topological polar surface area (TPSA) is 32.3 Å². The van der Waals surface area contributed by atoms with Gasteiger partial charge in [-0.25, -0.2) is 0 Å². The smallest absolute Gasteiger partial charge is 0.0693 e. The number of benzene rings is 1. The molecule has 0 amide bonds. The zero-order chi connectivity index (χ0) is 12.4. The maximum absolute atomic E-state index is 10.1. The second-order valence-corrected chi connectivity index (χ2v) is 5.77. The minimum absolute atomic E-state index is 0.146. The molecule has 0 saturated heterocycles. The molecule has 1 unspecified atom stereocenters. The normalized spacial score (nSPS) is 31.9. The fraction of sp³-hybridized carbons (Fsp3) is 0.625. The van der Waals surface area contributed by atoms with Gasteiger partial charge in [0.2, 0.25) is 0 Å². The molecule has 2 heteroatoms. The van der Waals surface area contributed by atoms with Crippen molar-refractivity contribution in [1.29, 1.82) is 0 Å². The molecule has 0 aliphatic heterocycles. The Bertz CT molecular complexity index is 404. The molecule has 2 aliphatic rings. The third kappa shape index (κ3) is 2.45. The standard InChI is InChI=1S/C16H23NO/c18-16-11-4-3-9-15(16)17-14-10-5-7-12-6-1-2-8-13(12)14/h1-2,6,8,14-18H,3-5,7,9-11H2/t14?,15-,16-/m0/s1. The van der Waals surface area contributed by atoms with Crippen LogP contribution in [0.3, 0.4) is 0 Å². The number of nitrogens with one attached hydrogen (secondary N) is 1. The first-order valence-corrected chi connectivity index (χ1v) is 7.36. The zero-order valence-electron chi connectivity index (χ0n) is 10.9. The molecular formula is C16H23NO. The quantitative estimate of drug-likeness (QED) is 0.839. The third-order valence-corrected chi connectivity index (χ3v) is 4.51. The van der Waals surface area contributed by atoms with Crippen molar-refractivity contribution < 1.29 is 5.11 Å². The van der Waals surface area contributed by atoms with Gasteiger partial charge >= 0.3 is 0 Å². The predicted molar refractivity (Wildman–Crippen MR) is 73.5 cm³/mol. The van der Waals surface area contributed by atoms with Crippen LogP contribution in [0.5, 0.6) is 0 Å². The van der Waals surface area contributed by atoms with E-state index in [4.69, 9.17) is 0 Å². The molecule has 98 valence electrons. The molecule has 18 heavy (non-hydrogen) atoms. The minimum Gasteiger partial charge on any atom is -0.392 e. The van der Waals surface area contributed by atoms with Crippen molar-refractivity contribution in [2.45, 2.75) is 63.1 Å². The van der Waals surface area contributed by atoms with Gasteiger partial charge in [0.25, 0.3) is 0 Å². The van der Waals surface area contributed by atoms with E-state index in [0.717, 1.165) is 12.8 Å². The van der Waals surface area contributed by atoms with Crippen LogP contribution < -0.4 is 5.32 Å². The molecule has 0 radical (unpaired) electrons. The lowest BCUT2D eigenvalue weighted by atomic mass is 9.85. The maximum Gasteiger partial charge on any atom is 0.0693 e. The van der Waals surface area contributed by atoms with Gasteiger partial charge in [-0.1, -0.05) is 37.1 Å². The Morgan fingerprint density at radius 3 is 2.72 bits per heavy atom. The molecule has 0 bridgehead atoms. The average Bonchev–Trinajstić information content (AvgIpc) is 2.42. The van der Waals surface area contributed by atoms with Gasteiger partial charge in [-0.05, 0) is 43.2 Å². The fourth-order valence-corrected chi connectivity index (χ4v) is 3.49. The van der Waals surface area contributed by atoms with E-state index in [1.165, 1.54) is 43.2 Å². The van der Waals surface area contributed by atoms with Crippen LogP contribution in [0.1, 0.15) is 55.7 Å². The van der Waals surface area contributed by atoms with Gasteiger partial charge < -0.3 is 10.4 Å². The molecular weight excluding hydrogens is 222 g/mol. The summed E-state index contributed by atoms with van der Waals surface area (Å²) in [6, 6.07) is 9.52. The molecule has 1 fully saturated rings. The molecule has 1 aromatic rings. The highest BCUT2D eigenvalue weighted by Gasteiger charge is 2.27. The number of rotatable bonds is 2. The minimum atomic E-state index is -0.146. The second kappa shape index (κ2) is 5.41. The number of fused-ring (bicyclic) bond motifs is 1. The Hall–Kier alpha value is -0.860. The average molecular weight is 245 g/mol. The summed E-state index contributed by atoms with van der Waals surface area (Å²) in [4.78, 5) is 0. The molecule has 0 spiro atoms. The van der Waals surface area contributed by atoms with Crippen molar-refractivity contribution in [2.75, 3.05) is 0 Å². The number of aliphatic hydroxyl groups is 1. The number of aryl methyl sites for hydroxylation is 1. The van der Waals surface area contributed by atoms with Gasteiger partial charge in [0.15, 0.2) is 0 Å². The Morgan fingerprint density at radius 1 is 1.00 bits per heavy atom. The van der Waals surface area contributed by atoms with E-state index < -0.39 is 0 Å². The van der Waals surface area contributed by atoms with Crippen LogP contribution >= 0.6 is 0 Å². The summed E-state index contributed by atoms with van der Waals surface area (Å²) in [5.74, 6) is 0. The molecule has 2 N–H and O–H groups in total. The van der Waals surface area contributed by atoms with Crippen molar-refractivity contribution in [3.8, 4) is 0 Å². The summed E-state index contributed by atoms with van der Waals surface area (Å²) in [5.41, 5.74) is 2.95. The molecule has 0 aromatic heterocycles. The first-order valence-electron chi connectivity index (χ1n) is 7.36. The first-order chi connectivity index (χ1) is 8.84. The maximum atomic E-state index is 10.1. The molecule has 3 rings (SSSR count). The lowest BCUT2D eigenvalue weighted by molar-refractivity contribution is 0.0834. The summed E-state index contributed by atoms with van der Waals surface area (Å²) in [7, 11) is 0. The summed E-state index contributed by atoms with van der Waals surface area (Å²) in [6.07, 6.45) is 8.06. The Morgan fingerprint density at radius 2 is 1.83 bits per heavy atom. The van der Waals surface area contributed by atoms with Crippen LogP contribution in [-0.4, -0.2) is 17.3 Å². The second-order valence-electron chi connectivity index (χ2n) is 5.77. The molecule has 1 saturated carbocycles. The van der Waals surface area contributed by atoms with Gasteiger partial charge in [0, 0.05) is 12.1 Å². The SMILES string of the molecule is O[C@H]1CCCC[C@@H]1NC1CCCc2ccccc21. The lowest BCUT2D eigenvalue weighted by Crippen LogP contribution is -2.44. The van der Waals surface area contributed by atoms with Crippen molar-refractivity contribution >= 4 is 0 Å².